The van der Waals surface area contributed by atoms with Gasteiger partial charge in [-0.05, 0) is 61.6 Å². The van der Waals surface area contributed by atoms with Crippen molar-refractivity contribution in [3.8, 4) is 11.5 Å². The lowest BCUT2D eigenvalue weighted by atomic mass is 10.1. The smallest absolute Gasteiger partial charge is 0.191 e. The zero-order chi connectivity index (χ0) is 22.9. The number of benzene rings is 2. The molecule has 0 atom stereocenters. The van der Waals surface area contributed by atoms with E-state index in [1.165, 1.54) is 11.8 Å². The van der Waals surface area contributed by atoms with E-state index in [9.17, 15) is 8.42 Å². The second-order valence-electron chi connectivity index (χ2n) is 7.29. The first-order chi connectivity index (χ1) is 14.8. The van der Waals surface area contributed by atoms with Crippen LogP contribution in [0.25, 0.3) is 0 Å². The molecule has 8 heteroatoms. The van der Waals surface area contributed by atoms with E-state index in [-0.39, 0.29) is 0 Å². The van der Waals surface area contributed by atoms with Crippen molar-refractivity contribution in [1.82, 2.24) is 10.6 Å². The molecule has 0 amide bonds. The Balaban J connectivity index is 1.93. The number of aryl methyl sites for hydroxylation is 2. The van der Waals surface area contributed by atoms with Crippen molar-refractivity contribution >= 4 is 15.8 Å². The van der Waals surface area contributed by atoms with E-state index < -0.39 is 9.84 Å². The Bertz CT molecular complexity index is 1000. The number of methoxy groups -OCH3 is 2. The summed E-state index contributed by atoms with van der Waals surface area (Å²) in [5.41, 5.74) is 2.89. The van der Waals surface area contributed by atoms with Crippen LogP contribution in [0.1, 0.15) is 30.0 Å². The van der Waals surface area contributed by atoms with Gasteiger partial charge in [-0.3, -0.25) is 0 Å². The summed E-state index contributed by atoms with van der Waals surface area (Å²) in [6, 6.07) is 11.3. The number of aliphatic imine (C=N–C) groups is 1. The lowest BCUT2D eigenvalue weighted by Gasteiger charge is -2.12. The fourth-order valence-corrected chi connectivity index (χ4v) is 4.23. The normalized spacial score (nSPS) is 11.8. The molecule has 0 aliphatic heterocycles. The molecule has 0 bridgehead atoms. The number of hydrogen-bond donors (Lipinski definition) is 2. The van der Waals surface area contributed by atoms with Crippen LogP contribution in [-0.2, 0) is 22.8 Å². The summed E-state index contributed by atoms with van der Waals surface area (Å²) in [5, 5.41) is 6.59. The van der Waals surface area contributed by atoms with Gasteiger partial charge >= 0.3 is 0 Å². The number of rotatable bonds is 10. The molecule has 0 aliphatic rings. The summed E-state index contributed by atoms with van der Waals surface area (Å²) >= 11 is 0. The van der Waals surface area contributed by atoms with Gasteiger partial charge in [0.1, 0.15) is 0 Å². The number of guanidine groups is 1. The highest BCUT2D eigenvalue weighted by Gasteiger charge is 2.11. The molecule has 170 valence electrons. The maximum atomic E-state index is 11.8. The Kier molecular flexibility index (Phi) is 9.18. The van der Waals surface area contributed by atoms with Crippen LogP contribution in [0.2, 0.25) is 0 Å². The summed E-state index contributed by atoms with van der Waals surface area (Å²) < 4.78 is 34.2. The van der Waals surface area contributed by atoms with Crippen molar-refractivity contribution in [2.45, 2.75) is 38.1 Å². The van der Waals surface area contributed by atoms with Gasteiger partial charge in [-0.25, -0.2) is 13.4 Å². The Hall–Kier alpha value is -2.74. The maximum absolute atomic E-state index is 11.8. The predicted octanol–water partition coefficient (Wildman–Crippen LogP) is 3.10. The summed E-state index contributed by atoms with van der Waals surface area (Å²) in [6.45, 7) is 5.82. The molecule has 2 rings (SSSR count). The van der Waals surface area contributed by atoms with Crippen LogP contribution in [0, 0.1) is 6.92 Å². The quantitative estimate of drug-likeness (QED) is 0.331. The van der Waals surface area contributed by atoms with Gasteiger partial charge in [0.25, 0.3) is 0 Å². The van der Waals surface area contributed by atoms with Crippen LogP contribution >= 0.6 is 0 Å². The number of ether oxygens (including phenoxy) is 2. The van der Waals surface area contributed by atoms with Crippen LogP contribution in [0.15, 0.2) is 46.3 Å². The fourth-order valence-electron chi connectivity index (χ4n) is 3.27. The molecule has 0 aromatic heterocycles. The zero-order valence-corrected chi connectivity index (χ0v) is 19.8. The van der Waals surface area contributed by atoms with E-state index in [1.54, 1.807) is 27.2 Å². The molecule has 0 radical (unpaired) electrons. The molecule has 0 heterocycles. The molecule has 2 aromatic carbocycles. The second-order valence-corrected chi connectivity index (χ2v) is 9.27. The standard InChI is InChI=1S/C23H33N3O4S/c1-6-24-23(26-16-19-10-12-22(17(2)14-19)31(5,27)28)25-13-7-8-18-9-11-20(29-3)21(15-18)30-4/h9-12,14-15H,6-8,13,16H2,1-5H3,(H2,24,25,26). The third kappa shape index (κ3) is 7.47. The SMILES string of the molecule is CCNC(=NCc1ccc(S(C)(=O)=O)c(C)c1)NCCCc1ccc(OC)c(OC)c1. The van der Waals surface area contributed by atoms with Crippen molar-refractivity contribution in [1.29, 1.82) is 0 Å². The first-order valence-electron chi connectivity index (χ1n) is 10.3. The Morgan fingerprint density at radius 1 is 1.00 bits per heavy atom. The van der Waals surface area contributed by atoms with Crippen molar-refractivity contribution < 1.29 is 17.9 Å². The average Bonchev–Trinajstić information content (AvgIpc) is 2.73. The predicted molar refractivity (Wildman–Crippen MR) is 125 cm³/mol. The molecule has 0 spiro atoms. The van der Waals surface area contributed by atoms with Crippen LogP contribution in [0.5, 0.6) is 11.5 Å². The topological polar surface area (TPSA) is 89.0 Å². The zero-order valence-electron chi connectivity index (χ0n) is 19.0. The Labute approximate surface area is 185 Å². The average molecular weight is 448 g/mol. The van der Waals surface area contributed by atoms with Crippen LogP contribution < -0.4 is 20.1 Å². The first kappa shape index (κ1) is 24.5. The van der Waals surface area contributed by atoms with Crippen LogP contribution in [0.3, 0.4) is 0 Å². The van der Waals surface area contributed by atoms with Crippen molar-refractivity contribution in [2.75, 3.05) is 33.6 Å². The first-order valence-corrected chi connectivity index (χ1v) is 12.2. The lowest BCUT2D eigenvalue weighted by Crippen LogP contribution is -2.37. The van der Waals surface area contributed by atoms with E-state index in [2.05, 4.69) is 15.6 Å². The van der Waals surface area contributed by atoms with E-state index in [0.717, 1.165) is 54.5 Å². The maximum Gasteiger partial charge on any atom is 0.191 e. The molecule has 0 aliphatic carbocycles. The van der Waals surface area contributed by atoms with Crippen molar-refractivity contribution in [3.63, 3.8) is 0 Å². The van der Waals surface area contributed by atoms with Gasteiger partial charge < -0.3 is 20.1 Å². The third-order valence-electron chi connectivity index (χ3n) is 4.79. The minimum atomic E-state index is -3.21. The molecule has 0 unspecified atom stereocenters. The summed E-state index contributed by atoms with van der Waals surface area (Å²) in [4.78, 5) is 4.98. The minimum Gasteiger partial charge on any atom is -0.493 e. The van der Waals surface area contributed by atoms with Crippen LogP contribution in [-0.4, -0.2) is 47.9 Å². The highest BCUT2D eigenvalue weighted by Crippen LogP contribution is 2.27. The number of nitrogens with zero attached hydrogens (tertiary/aromatic N) is 1. The minimum absolute atomic E-state index is 0.362. The van der Waals surface area contributed by atoms with Crippen molar-refractivity contribution in [3.05, 3.63) is 53.1 Å². The molecule has 31 heavy (non-hydrogen) atoms. The van der Waals surface area contributed by atoms with Gasteiger partial charge in [0.15, 0.2) is 27.3 Å². The highest BCUT2D eigenvalue weighted by molar-refractivity contribution is 7.90. The monoisotopic (exact) mass is 447 g/mol. The van der Waals surface area contributed by atoms with Gasteiger partial charge in [0.05, 0.1) is 25.7 Å². The molecule has 0 fully saturated rings. The van der Waals surface area contributed by atoms with Gasteiger partial charge in [-0.15, -0.1) is 0 Å². The molecule has 2 N–H and O–H groups in total. The van der Waals surface area contributed by atoms with Gasteiger partial charge in [-0.2, -0.15) is 0 Å². The van der Waals surface area contributed by atoms with Crippen LogP contribution in [0.4, 0.5) is 0 Å². The molecule has 0 saturated heterocycles. The Morgan fingerprint density at radius 2 is 1.71 bits per heavy atom. The molecular formula is C23H33N3O4S. The molecule has 0 saturated carbocycles. The molecule has 7 nitrogen and oxygen atoms in total. The fraction of sp³-hybridized carbons (Fsp3) is 0.435. The molecular weight excluding hydrogens is 414 g/mol. The highest BCUT2D eigenvalue weighted by atomic mass is 32.2. The largest absolute Gasteiger partial charge is 0.493 e. The Morgan fingerprint density at radius 3 is 2.32 bits per heavy atom. The number of sulfone groups is 1. The lowest BCUT2D eigenvalue weighted by molar-refractivity contribution is 0.354. The summed E-state index contributed by atoms with van der Waals surface area (Å²) in [5.74, 6) is 2.20. The third-order valence-corrected chi connectivity index (χ3v) is 6.04. The van der Waals surface area contributed by atoms with E-state index in [1.807, 2.05) is 37.3 Å². The van der Waals surface area contributed by atoms with Gasteiger partial charge in [-0.1, -0.05) is 18.2 Å². The van der Waals surface area contributed by atoms with Crippen molar-refractivity contribution in [2.24, 2.45) is 4.99 Å². The van der Waals surface area contributed by atoms with E-state index >= 15 is 0 Å². The van der Waals surface area contributed by atoms with Gasteiger partial charge in [0.2, 0.25) is 0 Å². The molecule has 2 aromatic rings. The number of hydrogen-bond acceptors (Lipinski definition) is 5. The summed E-state index contributed by atoms with van der Waals surface area (Å²) in [6.07, 6.45) is 3.06. The second kappa shape index (κ2) is 11.6. The van der Waals surface area contributed by atoms with E-state index in [4.69, 9.17) is 9.47 Å². The summed E-state index contributed by atoms with van der Waals surface area (Å²) in [7, 11) is 0.0550. The van der Waals surface area contributed by atoms with E-state index in [0.29, 0.717) is 11.4 Å². The van der Waals surface area contributed by atoms with Gasteiger partial charge in [0, 0.05) is 19.3 Å². The number of nitrogens with one attached hydrogen (secondary N) is 2.